The van der Waals surface area contributed by atoms with Crippen molar-refractivity contribution in [1.29, 1.82) is 0 Å². The molecule has 32 heavy (non-hydrogen) atoms. The Morgan fingerprint density at radius 3 is 2.09 bits per heavy atom. The minimum Gasteiger partial charge on any atom is -0.211 e. The van der Waals surface area contributed by atoms with Crippen LogP contribution in [-0.4, -0.2) is 23.0 Å². The van der Waals surface area contributed by atoms with Gasteiger partial charge >= 0.3 is 0 Å². The second-order valence-electron chi connectivity index (χ2n) is 9.03. The van der Waals surface area contributed by atoms with Gasteiger partial charge in [-0.15, -0.1) is 0 Å². The number of hydrogen-bond acceptors (Lipinski definition) is 2. The first kappa shape index (κ1) is 24.2. The summed E-state index contributed by atoms with van der Waals surface area (Å²) in [6.45, 7) is 7.08. The van der Waals surface area contributed by atoms with Crippen LogP contribution in [0.4, 0.5) is 0 Å². The molecule has 0 saturated carbocycles. The molecule has 1 N–H and O–H groups in total. The molecular weight excluding hydrogens is 430 g/mol. The Kier molecular flexibility index (Phi) is 8.24. The molecule has 0 saturated heterocycles. The van der Waals surface area contributed by atoms with Crippen LogP contribution in [0.5, 0.6) is 0 Å². The van der Waals surface area contributed by atoms with E-state index in [0.717, 1.165) is 11.6 Å². The van der Waals surface area contributed by atoms with Crippen molar-refractivity contribution in [2.45, 2.75) is 43.3 Å². The summed E-state index contributed by atoms with van der Waals surface area (Å²) < 4.78 is 28.1. The van der Waals surface area contributed by atoms with E-state index in [9.17, 15) is 8.42 Å². The predicted octanol–water partition coefficient (Wildman–Crippen LogP) is 6.03. The Morgan fingerprint density at radius 2 is 1.47 bits per heavy atom. The van der Waals surface area contributed by atoms with Crippen LogP contribution >= 0.6 is 0 Å². The Balaban J connectivity index is 1.69. The fourth-order valence-corrected chi connectivity index (χ4v) is 6.99. The lowest BCUT2D eigenvalue weighted by molar-refractivity contribution is 0.576. The number of aryl methyl sites for hydroxylation is 1. The normalized spacial score (nSPS) is 13.3. The van der Waals surface area contributed by atoms with E-state index in [2.05, 4.69) is 72.1 Å². The molecule has 5 heteroatoms. The summed E-state index contributed by atoms with van der Waals surface area (Å²) >= 11 is 0. The van der Waals surface area contributed by atoms with Gasteiger partial charge in [0.25, 0.3) is 0 Å². The molecule has 0 spiro atoms. The third kappa shape index (κ3) is 7.30. The van der Waals surface area contributed by atoms with Crippen molar-refractivity contribution >= 4 is 18.1 Å². The molecule has 168 valence electrons. The van der Waals surface area contributed by atoms with E-state index in [1.165, 1.54) is 11.1 Å². The van der Waals surface area contributed by atoms with Crippen LogP contribution in [0.3, 0.4) is 0 Å². The van der Waals surface area contributed by atoms with E-state index in [1.807, 2.05) is 37.3 Å². The molecule has 0 bridgehead atoms. The number of rotatable bonds is 10. The highest BCUT2D eigenvalue weighted by molar-refractivity contribution is 7.89. The molecule has 0 radical (unpaired) electrons. The number of sulfonamides is 1. The standard InChI is InChI=1S/C27H33NO2SSi/c1-23-14-16-27(17-15-23)31(29,30)28-20-18-26(25-12-8-5-9-13-25)19-21-32(2,3)22-24-10-6-4-7-11-24/h4-17,19,21,26,28H,18,20,22H2,1-3H3/b21-19-. The maximum absolute atomic E-state index is 12.7. The van der Waals surface area contributed by atoms with Gasteiger partial charge in [-0.25, -0.2) is 13.1 Å². The predicted molar refractivity (Wildman–Crippen MR) is 137 cm³/mol. The molecule has 0 aliphatic heterocycles. The van der Waals surface area contributed by atoms with Gasteiger partial charge in [-0.05, 0) is 37.1 Å². The van der Waals surface area contributed by atoms with Crippen molar-refractivity contribution in [2.24, 2.45) is 0 Å². The number of hydrogen-bond donors (Lipinski definition) is 1. The van der Waals surface area contributed by atoms with E-state index in [0.29, 0.717) is 17.9 Å². The van der Waals surface area contributed by atoms with Crippen molar-refractivity contribution in [2.75, 3.05) is 6.54 Å². The third-order valence-corrected chi connectivity index (χ3v) is 9.48. The Labute approximate surface area is 194 Å². The average molecular weight is 464 g/mol. The summed E-state index contributed by atoms with van der Waals surface area (Å²) in [7, 11) is -5.10. The highest BCUT2D eigenvalue weighted by Gasteiger charge is 2.19. The van der Waals surface area contributed by atoms with E-state index in [-0.39, 0.29) is 5.92 Å². The molecule has 3 aromatic carbocycles. The van der Waals surface area contributed by atoms with Gasteiger partial charge in [0.15, 0.2) is 0 Å². The Morgan fingerprint density at radius 1 is 0.875 bits per heavy atom. The molecule has 3 nitrogen and oxygen atoms in total. The highest BCUT2D eigenvalue weighted by atomic mass is 32.2. The van der Waals surface area contributed by atoms with Crippen LogP contribution in [0.2, 0.25) is 13.1 Å². The largest absolute Gasteiger partial charge is 0.240 e. The number of allylic oxidation sites excluding steroid dienone is 1. The zero-order valence-corrected chi connectivity index (χ0v) is 21.0. The van der Waals surface area contributed by atoms with Gasteiger partial charge in [0.1, 0.15) is 0 Å². The fourth-order valence-electron chi connectivity index (χ4n) is 3.78. The lowest BCUT2D eigenvalue weighted by Crippen LogP contribution is -2.28. The SMILES string of the molecule is Cc1ccc(S(=O)(=O)NCCC(/C=C\[Si](C)(C)Cc2ccccc2)c2ccccc2)cc1. The molecule has 0 aliphatic rings. The van der Waals surface area contributed by atoms with Gasteiger partial charge in [-0.1, -0.05) is 109 Å². The zero-order chi connectivity index (χ0) is 23.0. The molecule has 1 atom stereocenters. The second kappa shape index (κ2) is 10.9. The Hall–Kier alpha value is -2.47. The monoisotopic (exact) mass is 463 g/mol. The van der Waals surface area contributed by atoms with Crippen LogP contribution in [0.15, 0.2) is 102 Å². The van der Waals surface area contributed by atoms with Crippen molar-refractivity contribution in [3.63, 3.8) is 0 Å². The highest BCUT2D eigenvalue weighted by Crippen LogP contribution is 2.23. The maximum Gasteiger partial charge on any atom is 0.240 e. The van der Waals surface area contributed by atoms with Crippen LogP contribution in [0, 0.1) is 6.92 Å². The van der Waals surface area contributed by atoms with Crippen molar-refractivity contribution in [3.8, 4) is 0 Å². The van der Waals surface area contributed by atoms with Crippen molar-refractivity contribution in [3.05, 3.63) is 113 Å². The maximum atomic E-state index is 12.7. The molecular formula is C27H33NO2SSi. The summed E-state index contributed by atoms with van der Waals surface area (Å²) in [6.07, 6.45) is 3.01. The summed E-state index contributed by atoms with van der Waals surface area (Å²) in [5.41, 5.74) is 6.03. The third-order valence-electron chi connectivity index (χ3n) is 5.59. The van der Waals surface area contributed by atoms with E-state index in [1.54, 1.807) is 12.1 Å². The summed E-state index contributed by atoms with van der Waals surface area (Å²) in [6, 6.07) is 29.0. The summed E-state index contributed by atoms with van der Waals surface area (Å²) in [5.74, 6) is 0.166. The van der Waals surface area contributed by atoms with E-state index in [4.69, 9.17) is 0 Å². The summed E-state index contributed by atoms with van der Waals surface area (Å²) in [4.78, 5) is 0.311. The quantitative estimate of drug-likeness (QED) is 0.373. The lowest BCUT2D eigenvalue weighted by Gasteiger charge is -2.20. The minimum atomic E-state index is -3.50. The van der Waals surface area contributed by atoms with Gasteiger partial charge in [-0.3, -0.25) is 0 Å². The average Bonchev–Trinajstić information content (AvgIpc) is 2.77. The van der Waals surface area contributed by atoms with Gasteiger partial charge in [-0.2, -0.15) is 0 Å². The van der Waals surface area contributed by atoms with Crippen molar-refractivity contribution in [1.82, 2.24) is 4.72 Å². The molecule has 3 aromatic rings. The van der Waals surface area contributed by atoms with Gasteiger partial charge in [0, 0.05) is 12.5 Å². The van der Waals surface area contributed by atoms with E-state index < -0.39 is 18.1 Å². The molecule has 3 rings (SSSR count). The molecule has 0 aliphatic carbocycles. The van der Waals surface area contributed by atoms with Crippen LogP contribution < -0.4 is 4.72 Å². The molecule has 0 fully saturated rings. The minimum absolute atomic E-state index is 0.166. The fraction of sp³-hybridized carbons (Fsp3) is 0.259. The molecule has 0 aromatic heterocycles. The van der Waals surface area contributed by atoms with Crippen LogP contribution in [0.25, 0.3) is 0 Å². The molecule has 1 unspecified atom stereocenters. The van der Waals surface area contributed by atoms with E-state index >= 15 is 0 Å². The van der Waals surface area contributed by atoms with Gasteiger partial charge < -0.3 is 0 Å². The molecule has 0 heterocycles. The topological polar surface area (TPSA) is 46.2 Å². The number of benzene rings is 3. The lowest BCUT2D eigenvalue weighted by atomic mass is 9.96. The van der Waals surface area contributed by atoms with Crippen LogP contribution in [-0.2, 0) is 16.1 Å². The Bertz CT molecular complexity index is 1110. The molecule has 0 amide bonds. The van der Waals surface area contributed by atoms with Gasteiger partial charge in [0.2, 0.25) is 10.0 Å². The smallest absolute Gasteiger partial charge is 0.211 e. The first-order valence-electron chi connectivity index (χ1n) is 11.1. The van der Waals surface area contributed by atoms with Crippen molar-refractivity contribution < 1.29 is 8.42 Å². The van der Waals surface area contributed by atoms with Gasteiger partial charge in [0.05, 0.1) is 13.0 Å². The first-order valence-corrected chi connectivity index (χ1v) is 15.9. The first-order chi connectivity index (χ1) is 15.3. The van der Waals surface area contributed by atoms with Crippen LogP contribution in [0.1, 0.15) is 29.0 Å². The summed E-state index contributed by atoms with van der Waals surface area (Å²) in [5, 5.41) is 0. The zero-order valence-electron chi connectivity index (χ0n) is 19.2. The second-order valence-corrected chi connectivity index (χ2v) is 15.5. The number of nitrogens with one attached hydrogen (secondary N) is 1.